The van der Waals surface area contributed by atoms with Crippen LogP contribution in [0.15, 0.2) is 18.2 Å². The molecule has 0 atom stereocenters. The van der Waals surface area contributed by atoms with Gasteiger partial charge in [-0.1, -0.05) is 19.8 Å². The summed E-state index contributed by atoms with van der Waals surface area (Å²) in [6.45, 7) is 6.90. The zero-order chi connectivity index (χ0) is 19.9. The van der Waals surface area contributed by atoms with Gasteiger partial charge in [0.05, 0.1) is 4.92 Å². The zero-order valence-electron chi connectivity index (χ0n) is 16.9. The van der Waals surface area contributed by atoms with E-state index in [0.29, 0.717) is 6.42 Å². The van der Waals surface area contributed by atoms with Gasteiger partial charge in [-0.3, -0.25) is 14.9 Å². The van der Waals surface area contributed by atoms with Crippen LogP contribution in [0.2, 0.25) is 0 Å². The lowest BCUT2D eigenvalue weighted by Gasteiger charge is -2.37. The highest BCUT2D eigenvalue weighted by atomic mass is 16.6. The molecule has 2 aliphatic heterocycles. The fraction of sp³-hybridized carbons (Fsp3) is 0.667. The van der Waals surface area contributed by atoms with Crippen LogP contribution in [0.5, 0.6) is 0 Å². The van der Waals surface area contributed by atoms with Crippen molar-refractivity contribution in [3.05, 3.63) is 28.3 Å². The molecule has 0 aliphatic carbocycles. The van der Waals surface area contributed by atoms with Gasteiger partial charge in [-0.15, -0.1) is 0 Å². The second kappa shape index (κ2) is 9.75. The highest BCUT2D eigenvalue weighted by Gasteiger charge is 2.25. The van der Waals surface area contributed by atoms with Gasteiger partial charge in [0.15, 0.2) is 0 Å². The fourth-order valence-corrected chi connectivity index (χ4v) is 4.15. The van der Waals surface area contributed by atoms with Gasteiger partial charge in [-0.25, -0.2) is 0 Å². The maximum atomic E-state index is 12.3. The van der Waals surface area contributed by atoms with Crippen LogP contribution >= 0.6 is 0 Å². The molecule has 2 fully saturated rings. The average Bonchev–Trinajstić information content (AvgIpc) is 2.74. The molecule has 0 aromatic heterocycles. The van der Waals surface area contributed by atoms with Crippen molar-refractivity contribution >= 4 is 23.0 Å². The number of piperazine rings is 1. The molecule has 0 unspecified atom stereocenters. The van der Waals surface area contributed by atoms with Gasteiger partial charge in [0.1, 0.15) is 5.69 Å². The Kier molecular flexibility index (Phi) is 7.12. The summed E-state index contributed by atoms with van der Waals surface area (Å²) in [7, 11) is 0. The van der Waals surface area contributed by atoms with E-state index in [-0.39, 0.29) is 16.5 Å². The van der Waals surface area contributed by atoms with Crippen molar-refractivity contribution in [1.82, 2.24) is 4.90 Å². The quantitative estimate of drug-likeness (QED) is 0.403. The number of anilines is 2. The lowest BCUT2D eigenvalue weighted by molar-refractivity contribution is -0.384. The Bertz CT molecular complexity index is 680. The number of nitro groups is 1. The van der Waals surface area contributed by atoms with Crippen molar-refractivity contribution in [2.75, 3.05) is 49.1 Å². The van der Waals surface area contributed by atoms with Crippen LogP contribution in [-0.4, -0.2) is 55.0 Å². The number of rotatable bonds is 7. The average molecular weight is 389 g/mol. The molecule has 0 N–H and O–H groups in total. The molecule has 2 heterocycles. The minimum Gasteiger partial charge on any atom is -0.368 e. The topological polar surface area (TPSA) is 69.9 Å². The first-order valence-corrected chi connectivity index (χ1v) is 10.7. The highest BCUT2D eigenvalue weighted by molar-refractivity contribution is 5.76. The van der Waals surface area contributed by atoms with Gasteiger partial charge in [0, 0.05) is 57.4 Å². The first-order chi connectivity index (χ1) is 13.6. The maximum absolute atomic E-state index is 12.3. The van der Waals surface area contributed by atoms with Crippen molar-refractivity contribution in [1.29, 1.82) is 0 Å². The molecule has 28 heavy (non-hydrogen) atoms. The summed E-state index contributed by atoms with van der Waals surface area (Å²) >= 11 is 0. The third kappa shape index (κ3) is 4.94. The number of nitrogens with zero attached hydrogens (tertiary/aromatic N) is 4. The molecule has 7 heteroatoms. The Morgan fingerprint density at radius 3 is 2.36 bits per heavy atom. The van der Waals surface area contributed by atoms with Crippen LogP contribution < -0.4 is 9.80 Å². The summed E-state index contributed by atoms with van der Waals surface area (Å²) in [5.41, 5.74) is 1.94. The molecular weight excluding hydrogens is 356 g/mol. The van der Waals surface area contributed by atoms with E-state index in [1.807, 2.05) is 17.0 Å². The summed E-state index contributed by atoms with van der Waals surface area (Å²) in [6, 6.07) is 5.47. The Balaban J connectivity index is 1.66. The van der Waals surface area contributed by atoms with Gasteiger partial charge in [-0.05, 0) is 37.8 Å². The molecule has 0 bridgehead atoms. The molecule has 2 aliphatic rings. The third-order valence-electron chi connectivity index (χ3n) is 5.84. The number of benzene rings is 1. The van der Waals surface area contributed by atoms with E-state index in [9.17, 15) is 14.9 Å². The SMILES string of the molecule is CCCCCC(=O)N1CCN(c2ccc([N+](=O)[O-])c(N3CCCCC3)c2)CC1. The lowest BCUT2D eigenvalue weighted by atomic mass is 10.1. The largest absolute Gasteiger partial charge is 0.368 e. The van der Waals surface area contributed by atoms with E-state index in [4.69, 9.17) is 0 Å². The van der Waals surface area contributed by atoms with E-state index in [0.717, 1.165) is 82.7 Å². The second-order valence-corrected chi connectivity index (χ2v) is 7.80. The maximum Gasteiger partial charge on any atom is 0.292 e. The molecule has 2 saturated heterocycles. The Hall–Kier alpha value is -2.31. The summed E-state index contributed by atoms with van der Waals surface area (Å²) in [5, 5.41) is 11.5. The summed E-state index contributed by atoms with van der Waals surface area (Å²) in [6.07, 6.45) is 7.20. The van der Waals surface area contributed by atoms with Gasteiger partial charge in [-0.2, -0.15) is 0 Å². The smallest absolute Gasteiger partial charge is 0.292 e. The van der Waals surface area contributed by atoms with Gasteiger partial charge >= 0.3 is 0 Å². The first kappa shape index (κ1) is 20.4. The number of nitro benzene ring substituents is 1. The van der Waals surface area contributed by atoms with Crippen molar-refractivity contribution in [3.8, 4) is 0 Å². The number of piperidine rings is 1. The molecule has 1 amide bonds. The standard InChI is InChI=1S/C21H32N4O3/c1-2-3-5-8-21(26)24-15-13-22(14-16-24)18-9-10-19(25(27)28)20(17-18)23-11-6-4-7-12-23/h9-10,17H,2-8,11-16H2,1H3. The van der Waals surface area contributed by atoms with Gasteiger partial charge in [0.2, 0.25) is 5.91 Å². The van der Waals surface area contributed by atoms with Crippen LogP contribution in [0.25, 0.3) is 0 Å². The minimum absolute atomic E-state index is 0.190. The van der Waals surface area contributed by atoms with Crippen molar-refractivity contribution < 1.29 is 9.72 Å². The Morgan fingerprint density at radius 2 is 1.71 bits per heavy atom. The molecule has 154 valence electrons. The fourth-order valence-electron chi connectivity index (χ4n) is 4.15. The van der Waals surface area contributed by atoms with Crippen LogP contribution in [0, 0.1) is 10.1 Å². The molecule has 7 nitrogen and oxygen atoms in total. The predicted molar refractivity (Wildman–Crippen MR) is 112 cm³/mol. The van der Waals surface area contributed by atoms with E-state index in [2.05, 4.69) is 16.7 Å². The van der Waals surface area contributed by atoms with E-state index in [1.165, 1.54) is 6.42 Å². The zero-order valence-corrected chi connectivity index (χ0v) is 16.9. The first-order valence-electron chi connectivity index (χ1n) is 10.7. The van der Waals surface area contributed by atoms with E-state index < -0.39 is 0 Å². The van der Waals surface area contributed by atoms with Crippen LogP contribution in [0.3, 0.4) is 0 Å². The monoisotopic (exact) mass is 388 g/mol. The summed E-state index contributed by atoms with van der Waals surface area (Å²) < 4.78 is 0. The number of unbranched alkanes of at least 4 members (excludes halogenated alkanes) is 2. The normalized spacial score (nSPS) is 17.7. The minimum atomic E-state index is -0.277. The van der Waals surface area contributed by atoms with Gasteiger partial charge < -0.3 is 14.7 Å². The van der Waals surface area contributed by atoms with Gasteiger partial charge in [0.25, 0.3) is 5.69 Å². The number of carbonyl (C=O) groups is 1. The molecule has 1 aromatic rings. The second-order valence-electron chi connectivity index (χ2n) is 7.80. The Labute approximate surface area is 167 Å². The molecule has 0 radical (unpaired) electrons. The molecule has 0 saturated carbocycles. The van der Waals surface area contributed by atoms with Crippen molar-refractivity contribution in [3.63, 3.8) is 0 Å². The number of hydrogen-bond acceptors (Lipinski definition) is 5. The van der Waals surface area contributed by atoms with Crippen LogP contribution in [-0.2, 0) is 4.79 Å². The lowest BCUT2D eigenvalue weighted by Crippen LogP contribution is -2.48. The van der Waals surface area contributed by atoms with E-state index in [1.54, 1.807) is 6.07 Å². The predicted octanol–water partition coefficient (Wildman–Crippen LogP) is 3.81. The number of hydrogen-bond donors (Lipinski definition) is 0. The summed E-state index contributed by atoms with van der Waals surface area (Å²) in [4.78, 5) is 29.9. The highest BCUT2D eigenvalue weighted by Crippen LogP contribution is 2.34. The molecule has 1 aromatic carbocycles. The Morgan fingerprint density at radius 1 is 1.00 bits per heavy atom. The van der Waals surface area contributed by atoms with Crippen molar-refractivity contribution in [2.24, 2.45) is 0 Å². The molecule has 3 rings (SSSR count). The molecular formula is C21H32N4O3. The summed E-state index contributed by atoms with van der Waals surface area (Å²) in [5.74, 6) is 0.255. The number of amides is 1. The van der Waals surface area contributed by atoms with E-state index >= 15 is 0 Å². The third-order valence-corrected chi connectivity index (χ3v) is 5.84. The molecule has 0 spiro atoms. The van der Waals surface area contributed by atoms with Crippen molar-refractivity contribution in [2.45, 2.75) is 51.9 Å². The number of carbonyl (C=O) groups excluding carboxylic acids is 1. The van der Waals surface area contributed by atoms with Crippen LogP contribution in [0.4, 0.5) is 17.1 Å². The van der Waals surface area contributed by atoms with Crippen LogP contribution in [0.1, 0.15) is 51.9 Å².